The molecule has 142 valence electrons. The van der Waals surface area contributed by atoms with Gasteiger partial charge in [-0.2, -0.15) is 5.10 Å². The van der Waals surface area contributed by atoms with Gasteiger partial charge in [-0.05, 0) is 49.1 Å². The minimum absolute atomic E-state index is 0.102. The zero-order chi connectivity index (χ0) is 19.3. The highest BCUT2D eigenvalue weighted by Gasteiger charge is 2.21. The van der Waals surface area contributed by atoms with Gasteiger partial charge in [-0.25, -0.2) is 4.68 Å². The summed E-state index contributed by atoms with van der Waals surface area (Å²) in [6, 6.07) is 15.0. The molecule has 1 aromatic carbocycles. The Bertz CT molecular complexity index is 1030. The minimum atomic E-state index is -0.159. The lowest BCUT2D eigenvalue weighted by Gasteiger charge is -2.29. The zero-order valence-electron chi connectivity index (χ0n) is 15.6. The molecule has 4 rings (SSSR count). The maximum absolute atomic E-state index is 12.7. The second-order valence-corrected chi connectivity index (χ2v) is 6.90. The number of aromatic nitrogens is 3. The van der Waals surface area contributed by atoms with Gasteiger partial charge in [0.15, 0.2) is 0 Å². The van der Waals surface area contributed by atoms with E-state index in [1.165, 1.54) is 16.3 Å². The van der Waals surface area contributed by atoms with E-state index in [2.05, 4.69) is 16.1 Å². The Morgan fingerprint density at radius 3 is 2.71 bits per heavy atom. The fraction of sp³-hybridized carbons (Fsp3) is 0.273. The summed E-state index contributed by atoms with van der Waals surface area (Å²) in [5.74, 6) is 0.102. The van der Waals surface area contributed by atoms with E-state index in [9.17, 15) is 9.59 Å². The number of carbonyl (C=O) groups excluding carboxylic acids is 1. The number of rotatable bonds is 5. The predicted molar refractivity (Wildman–Crippen MR) is 108 cm³/mol. The average molecular weight is 374 g/mol. The van der Waals surface area contributed by atoms with E-state index in [4.69, 9.17) is 0 Å². The van der Waals surface area contributed by atoms with Gasteiger partial charge in [0, 0.05) is 49.2 Å². The van der Waals surface area contributed by atoms with Gasteiger partial charge < -0.3 is 4.90 Å². The van der Waals surface area contributed by atoms with Gasteiger partial charge in [-0.1, -0.05) is 18.2 Å². The second kappa shape index (κ2) is 8.17. The van der Waals surface area contributed by atoms with Gasteiger partial charge in [0.1, 0.15) is 0 Å². The largest absolute Gasteiger partial charge is 0.312 e. The van der Waals surface area contributed by atoms with Crippen molar-refractivity contribution in [2.75, 3.05) is 11.4 Å². The van der Waals surface area contributed by atoms with Crippen molar-refractivity contribution in [3.8, 4) is 11.3 Å². The molecule has 0 atom stereocenters. The molecule has 1 aliphatic heterocycles. The third-order valence-electron chi connectivity index (χ3n) is 5.01. The fourth-order valence-corrected chi connectivity index (χ4v) is 3.59. The summed E-state index contributed by atoms with van der Waals surface area (Å²) in [5.41, 5.74) is 3.72. The molecule has 6 nitrogen and oxygen atoms in total. The maximum atomic E-state index is 12.7. The number of nitrogens with zero attached hydrogens (tertiary/aromatic N) is 4. The molecule has 1 amide bonds. The molecule has 6 heteroatoms. The molecule has 0 spiro atoms. The molecule has 28 heavy (non-hydrogen) atoms. The van der Waals surface area contributed by atoms with Crippen LogP contribution in [0.15, 0.2) is 65.7 Å². The van der Waals surface area contributed by atoms with Gasteiger partial charge in [0.2, 0.25) is 5.91 Å². The number of para-hydroxylation sites is 1. The van der Waals surface area contributed by atoms with Crippen LogP contribution >= 0.6 is 0 Å². The van der Waals surface area contributed by atoms with Crippen LogP contribution in [0, 0.1) is 0 Å². The first-order valence-corrected chi connectivity index (χ1v) is 9.59. The van der Waals surface area contributed by atoms with E-state index in [1.807, 2.05) is 35.2 Å². The number of carbonyl (C=O) groups is 1. The number of fused-ring (bicyclic) bond motifs is 1. The normalized spacial score (nSPS) is 13.2. The third-order valence-corrected chi connectivity index (χ3v) is 5.01. The van der Waals surface area contributed by atoms with Crippen LogP contribution in [0.2, 0.25) is 0 Å². The standard InChI is InChI=1S/C22H22N4O2/c27-21(25-15-3-6-18-5-1-2-7-20(18)25)8-4-16-26-22(28)10-9-19(24-26)17-11-13-23-14-12-17/h1-2,5,7,9-14H,3-4,6,8,15-16H2. The van der Waals surface area contributed by atoms with Gasteiger partial charge >= 0.3 is 0 Å². The third kappa shape index (κ3) is 3.86. The quantitative estimate of drug-likeness (QED) is 0.688. The highest BCUT2D eigenvalue weighted by Crippen LogP contribution is 2.27. The summed E-state index contributed by atoms with van der Waals surface area (Å²) >= 11 is 0. The first-order chi connectivity index (χ1) is 13.7. The summed E-state index contributed by atoms with van der Waals surface area (Å²) in [7, 11) is 0. The number of hydrogen-bond acceptors (Lipinski definition) is 4. The van der Waals surface area contributed by atoms with E-state index in [0.29, 0.717) is 19.4 Å². The summed E-state index contributed by atoms with van der Waals surface area (Å²) in [6.07, 6.45) is 6.36. The van der Waals surface area contributed by atoms with Crippen LogP contribution in [0.25, 0.3) is 11.3 Å². The topological polar surface area (TPSA) is 68.1 Å². The Hall–Kier alpha value is -3.28. The van der Waals surface area contributed by atoms with Crippen LogP contribution in [0.5, 0.6) is 0 Å². The summed E-state index contributed by atoms with van der Waals surface area (Å²) in [4.78, 5) is 30.8. The molecule has 0 unspecified atom stereocenters. The van der Waals surface area contributed by atoms with Crippen LogP contribution in [-0.2, 0) is 17.8 Å². The van der Waals surface area contributed by atoms with E-state index in [-0.39, 0.29) is 11.5 Å². The number of pyridine rings is 1. The Kier molecular flexibility index (Phi) is 5.28. The molecule has 1 aliphatic rings. The molecule has 0 bridgehead atoms. The minimum Gasteiger partial charge on any atom is -0.312 e. The van der Waals surface area contributed by atoms with Crippen molar-refractivity contribution in [2.24, 2.45) is 0 Å². The highest BCUT2D eigenvalue weighted by atomic mass is 16.2. The Labute approximate surface area is 163 Å². The average Bonchev–Trinajstić information content (AvgIpc) is 2.75. The van der Waals surface area contributed by atoms with Crippen molar-refractivity contribution in [1.29, 1.82) is 0 Å². The monoisotopic (exact) mass is 374 g/mol. The van der Waals surface area contributed by atoms with Crippen LogP contribution in [0.4, 0.5) is 5.69 Å². The van der Waals surface area contributed by atoms with E-state index < -0.39 is 0 Å². The van der Waals surface area contributed by atoms with E-state index in [1.54, 1.807) is 18.5 Å². The number of amides is 1. The lowest BCUT2D eigenvalue weighted by molar-refractivity contribution is -0.118. The molecule has 0 fully saturated rings. The molecule has 0 aliphatic carbocycles. The van der Waals surface area contributed by atoms with Crippen LogP contribution in [0.3, 0.4) is 0 Å². The van der Waals surface area contributed by atoms with Crippen molar-refractivity contribution in [3.05, 3.63) is 76.8 Å². The van der Waals surface area contributed by atoms with Crippen LogP contribution < -0.4 is 10.5 Å². The number of anilines is 1. The lowest BCUT2D eigenvalue weighted by atomic mass is 10.0. The summed E-state index contributed by atoms with van der Waals surface area (Å²) < 4.78 is 1.44. The van der Waals surface area contributed by atoms with Gasteiger partial charge in [0.25, 0.3) is 5.56 Å². The predicted octanol–water partition coefficient (Wildman–Crippen LogP) is 3.06. The first-order valence-electron chi connectivity index (χ1n) is 9.59. The van der Waals surface area contributed by atoms with Crippen molar-refractivity contribution < 1.29 is 4.79 Å². The Morgan fingerprint density at radius 1 is 1.04 bits per heavy atom. The van der Waals surface area contributed by atoms with Gasteiger partial charge in [0.05, 0.1) is 5.69 Å². The molecule has 0 N–H and O–H groups in total. The van der Waals surface area contributed by atoms with Crippen LogP contribution in [0.1, 0.15) is 24.8 Å². The van der Waals surface area contributed by atoms with Gasteiger partial charge in [-0.3, -0.25) is 14.6 Å². The first kappa shape index (κ1) is 18.1. The Balaban J connectivity index is 1.42. The van der Waals surface area contributed by atoms with E-state index >= 15 is 0 Å². The molecular weight excluding hydrogens is 352 g/mol. The zero-order valence-corrected chi connectivity index (χ0v) is 15.6. The van der Waals surface area contributed by atoms with Crippen molar-refractivity contribution in [3.63, 3.8) is 0 Å². The molecular formula is C22H22N4O2. The van der Waals surface area contributed by atoms with E-state index in [0.717, 1.165) is 36.3 Å². The molecule has 0 saturated heterocycles. The van der Waals surface area contributed by atoms with Crippen molar-refractivity contribution >= 4 is 11.6 Å². The summed E-state index contributed by atoms with van der Waals surface area (Å²) in [5, 5.41) is 4.44. The SMILES string of the molecule is O=C(CCCn1nc(-c2ccncc2)ccc1=O)N1CCCc2ccccc21. The smallest absolute Gasteiger partial charge is 0.266 e. The van der Waals surface area contributed by atoms with Crippen LogP contribution in [-0.4, -0.2) is 27.2 Å². The number of aryl methyl sites for hydroxylation is 2. The number of hydrogen-bond donors (Lipinski definition) is 0. The Morgan fingerprint density at radius 2 is 1.86 bits per heavy atom. The van der Waals surface area contributed by atoms with Gasteiger partial charge in [-0.15, -0.1) is 0 Å². The second-order valence-electron chi connectivity index (χ2n) is 6.90. The number of benzene rings is 1. The van der Waals surface area contributed by atoms with Crippen molar-refractivity contribution in [2.45, 2.75) is 32.2 Å². The molecule has 3 aromatic rings. The molecule has 3 heterocycles. The highest BCUT2D eigenvalue weighted by molar-refractivity contribution is 5.94. The molecule has 0 radical (unpaired) electrons. The van der Waals surface area contributed by atoms with Crippen molar-refractivity contribution in [1.82, 2.24) is 14.8 Å². The summed E-state index contributed by atoms with van der Waals surface area (Å²) in [6.45, 7) is 1.17. The molecule has 0 saturated carbocycles. The fourth-order valence-electron chi connectivity index (χ4n) is 3.59. The molecule has 2 aromatic heterocycles. The lowest BCUT2D eigenvalue weighted by Crippen LogP contribution is -2.35. The maximum Gasteiger partial charge on any atom is 0.266 e.